The quantitative estimate of drug-likeness (QED) is 0.498. The van der Waals surface area contributed by atoms with E-state index in [1.165, 1.54) is 43.4 Å². The third-order valence-corrected chi connectivity index (χ3v) is 6.45. The third-order valence-electron chi connectivity index (χ3n) is 6.06. The number of hydrogen-bond acceptors (Lipinski definition) is 5. The largest absolute Gasteiger partial charge is 0.398 e. The Morgan fingerprint density at radius 1 is 1.32 bits per heavy atom. The number of fused-ring (bicyclic) bond motifs is 2. The Kier molecular flexibility index (Phi) is 5.13. The molecule has 5 N–H and O–H groups in total. The third kappa shape index (κ3) is 3.40. The predicted octanol–water partition coefficient (Wildman–Crippen LogP) is 3.08. The van der Waals surface area contributed by atoms with Crippen molar-refractivity contribution >= 4 is 34.9 Å². The molecule has 162 valence electrons. The summed E-state index contributed by atoms with van der Waals surface area (Å²) in [7, 11) is 3.06. The van der Waals surface area contributed by atoms with Crippen molar-refractivity contribution in [2.75, 3.05) is 31.7 Å². The molecule has 1 aromatic heterocycles. The van der Waals surface area contributed by atoms with Gasteiger partial charge < -0.3 is 21.7 Å². The highest BCUT2D eigenvalue weighted by molar-refractivity contribution is 6.34. The van der Waals surface area contributed by atoms with E-state index in [-0.39, 0.29) is 22.2 Å². The van der Waals surface area contributed by atoms with Crippen molar-refractivity contribution in [2.24, 2.45) is 5.73 Å². The topological polar surface area (TPSA) is 114 Å². The number of hydrogen-bond donors (Lipinski definition) is 3. The lowest BCUT2D eigenvalue weighted by atomic mass is 9.80. The number of benzene rings is 1. The first kappa shape index (κ1) is 21.1. The second kappa shape index (κ2) is 7.53. The van der Waals surface area contributed by atoms with Gasteiger partial charge in [0, 0.05) is 60.7 Å². The maximum atomic E-state index is 15.4. The Morgan fingerprint density at radius 3 is 2.74 bits per heavy atom. The van der Waals surface area contributed by atoms with Crippen LogP contribution in [0.4, 0.5) is 15.9 Å². The lowest BCUT2D eigenvalue weighted by Gasteiger charge is -2.24. The molecule has 1 fully saturated rings. The number of nitrogens with two attached hydrogens (primary N) is 2. The number of primary amides is 1. The first-order valence-electron chi connectivity index (χ1n) is 9.86. The highest BCUT2D eigenvalue weighted by atomic mass is 35.5. The van der Waals surface area contributed by atoms with Gasteiger partial charge in [-0.25, -0.2) is 9.37 Å². The average molecular weight is 444 g/mol. The number of allylic oxidation sites excluding steroid dienone is 1. The molecule has 1 unspecified atom stereocenters. The highest BCUT2D eigenvalue weighted by Gasteiger charge is 2.46. The first-order chi connectivity index (χ1) is 14.6. The maximum absolute atomic E-state index is 15.4. The normalized spacial score (nSPS) is 20.7. The molecule has 2 amide bonds. The van der Waals surface area contributed by atoms with E-state index in [1.807, 2.05) is 0 Å². The second-order valence-corrected chi connectivity index (χ2v) is 8.69. The Morgan fingerprint density at radius 2 is 2.06 bits per heavy atom. The van der Waals surface area contributed by atoms with Crippen molar-refractivity contribution < 1.29 is 14.0 Å². The van der Waals surface area contributed by atoms with Crippen molar-refractivity contribution in [3.05, 3.63) is 51.9 Å². The molecule has 4 rings (SSSR count). The zero-order chi connectivity index (χ0) is 22.5. The van der Waals surface area contributed by atoms with Crippen LogP contribution in [-0.4, -0.2) is 42.3 Å². The van der Waals surface area contributed by atoms with E-state index in [9.17, 15) is 9.59 Å². The fourth-order valence-electron chi connectivity index (χ4n) is 4.58. The van der Waals surface area contributed by atoms with E-state index >= 15 is 4.39 Å². The van der Waals surface area contributed by atoms with Crippen LogP contribution < -0.4 is 16.8 Å². The van der Waals surface area contributed by atoms with Crippen molar-refractivity contribution in [2.45, 2.75) is 24.7 Å². The number of carbonyl (C=O) groups is 2. The minimum Gasteiger partial charge on any atom is -0.398 e. The summed E-state index contributed by atoms with van der Waals surface area (Å²) < 4.78 is 15.4. The van der Waals surface area contributed by atoms with E-state index in [0.29, 0.717) is 29.4 Å². The Bertz CT molecular complexity index is 1150. The van der Waals surface area contributed by atoms with Gasteiger partial charge in [-0.1, -0.05) is 17.2 Å². The van der Waals surface area contributed by atoms with E-state index in [1.54, 1.807) is 0 Å². The highest BCUT2D eigenvalue weighted by Crippen LogP contribution is 2.53. The Labute approximate surface area is 184 Å². The first-order valence-corrected chi connectivity index (χ1v) is 10.2. The number of nitrogens with one attached hydrogen (secondary N) is 1. The predicted molar refractivity (Wildman–Crippen MR) is 118 cm³/mol. The summed E-state index contributed by atoms with van der Waals surface area (Å²) in [4.78, 5) is 29.5. The maximum Gasteiger partial charge on any atom is 0.258 e. The van der Waals surface area contributed by atoms with Gasteiger partial charge in [-0.3, -0.25) is 9.59 Å². The second-order valence-electron chi connectivity index (χ2n) is 8.32. The van der Waals surface area contributed by atoms with Gasteiger partial charge >= 0.3 is 0 Å². The molecule has 9 heteroatoms. The minimum atomic E-state index is -0.733. The molecule has 1 aromatic carbocycles. The average Bonchev–Trinajstić information content (AvgIpc) is 3.26. The molecule has 31 heavy (non-hydrogen) atoms. The number of aromatic nitrogens is 1. The molecule has 1 aliphatic carbocycles. The number of anilines is 2. The van der Waals surface area contributed by atoms with Gasteiger partial charge in [-0.15, -0.1) is 0 Å². The van der Waals surface area contributed by atoms with Crippen LogP contribution in [0.15, 0.2) is 30.0 Å². The number of amides is 2. The van der Waals surface area contributed by atoms with Crippen LogP contribution >= 0.6 is 11.6 Å². The fourth-order valence-corrected chi connectivity index (χ4v) is 5.02. The molecular weight excluding hydrogens is 421 g/mol. The van der Waals surface area contributed by atoms with Crippen LogP contribution in [0.5, 0.6) is 0 Å². The molecule has 1 spiro atoms. The van der Waals surface area contributed by atoms with E-state index in [2.05, 4.69) is 10.3 Å². The summed E-state index contributed by atoms with van der Waals surface area (Å²) in [5.74, 6) is -1.09. The molecule has 0 saturated heterocycles. The summed E-state index contributed by atoms with van der Waals surface area (Å²) in [6.07, 6.45) is 5.08. The molecular formula is C22H23ClFN5O2. The van der Waals surface area contributed by atoms with Gasteiger partial charge in [-0.05, 0) is 31.4 Å². The number of halogens is 2. The smallest absolute Gasteiger partial charge is 0.258 e. The van der Waals surface area contributed by atoms with Crippen LogP contribution in [0.25, 0.3) is 11.1 Å². The van der Waals surface area contributed by atoms with Gasteiger partial charge in [0.05, 0.1) is 10.6 Å². The zero-order valence-corrected chi connectivity index (χ0v) is 18.0. The Hall–Kier alpha value is -3.13. The summed E-state index contributed by atoms with van der Waals surface area (Å²) in [5.41, 5.74) is 13.0. The molecule has 2 heterocycles. The van der Waals surface area contributed by atoms with Crippen molar-refractivity contribution in [3.63, 3.8) is 0 Å². The molecule has 0 bridgehead atoms. The number of carbonyl (C=O) groups excluding carboxylic acids is 2. The summed E-state index contributed by atoms with van der Waals surface area (Å²) in [5, 5.41) is 3.66. The van der Waals surface area contributed by atoms with Crippen molar-refractivity contribution in [3.8, 4) is 11.1 Å². The van der Waals surface area contributed by atoms with Crippen LogP contribution in [0.3, 0.4) is 0 Å². The van der Waals surface area contributed by atoms with Crippen LogP contribution in [0, 0.1) is 5.82 Å². The monoisotopic (exact) mass is 443 g/mol. The molecule has 1 aliphatic heterocycles. The summed E-state index contributed by atoms with van der Waals surface area (Å²) in [6, 6.07) is 3.00. The molecule has 1 saturated carbocycles. The van der Waals surface area contributed by atoms with Gasteiger partial charge in [0.1, 0.15) is 11.6 Å². The number of nitrogen functional groups attached to an aromatic ring is 1. The SMILES string of the molecule is CN(C)C(=O)c1c(N)ccc(-c2cnc3c(c2Cl)C2(CC/C(=C\C(N)=O)C2)CN3)c1F. The van der Waals surface area contributed by atoms with Crippen LogP contribution in [0.2, 0.25) is 5.02 Å². The molecule has 2 aromatic rings. The van der Waals surface area contributed by atoms with E-state index in [4.69, 9.17) is 23.1 Å². The fraction of sp³-hybridized carbons (Fsp3) is 0.318. The number of rotatable bonds is 3. The Balaban J connectivity index is 1.84. The van der Waals surface area contributed by atoms with Crippen LogP contribution in [0.1, 0.15) is 35.2 Å². The van der Waals surface area contributed by atoms with E-state index in [0.717, 1.165) is 24.0 Å². The van der Waals surface area contributed by atoms with Gasteiger partial charge in [-0.2, -0.15) is 0 Å². The lowest BCUT2D eigenvalue weighted by Crippen LogP contribution is -2.25. The van der Waals surface area contributed by atoms with Gasteiger partial charge in [0.15, 0.2) is 0 Å². The summed E-state index contributed by atoms with van der Waals surface area (Å²) in [6.45, 7) is 0.614. The zero-order valence-electron chi connectivity index (χ0n) is 17.3. The molecule has 2 aliphatic rings. The van der Waals surface area contributed by atoms with E-state index < -0.39 is 17.6 Å². The lowest BCUT2D eigenvalue weighted by molar-refractivity contribution is -0.113. The summed E-state index contributed by atoms with van der Waals surface area (Å²) >= 11 is 6.83. The minimum absolute atomic E-state index is 0.0559. The standard InChI is InChI=1S/C22H23ClFN5O2/c1-29(2)21(31)16-14(25)4-3-12(19(16)24)13-9-27-20-17(18(13)23)22(10-28-20)6-5-11(8-22)7-15(26)30/h3-4,7,9H,5-6,8,10,25H2,1-2H3,(H2,26,30)(H,27,28)/b11-7+. The van der Waals surface area contributed by atoms with Gasteiger partial charge in [0.25, 0.3) is 5.91 Å². The number of pyridine rings is 1. The van der Waals surface area contributed by atoms with Crippen molar-refractivity contribution in [1.82, 2.24) is 9.88 Å². The van der Waals surface area contributed by atoms with Crippen molar-refractivity contribution in [1.29, 1.82) is 0 Å². The number of nitrogens with zero attached hydrogens (tertiary/aromatic N) is 2. The van der Waals surface area contributed by atoms with Gasteiger partial charge in [0.2, 0.25) is 5.91 Å². The molecule has 7 nitrogen and oxygen atoms in total. The molecule has 1 atom stereocenters. The van der Waals surface area contributed by atoms with Crippen LogP contribution in [-0.2, 0) is 10.2 Å². The molecule has 0 radical (unpaired) electrons.